The van der Waals surface area contributed by atoms with E-state index in [0.29, 0.717) is 31.4 Å². The molecule has 1 heterocycles. The zero-order valence-electron chi connectivity index (χ0n) is 15.2. The van der Waals surface area contributed by atoms with E-state index in [1.165, 1.54) is 12.1 Å². The molecule has 4 nitrogen and oxygen atoms in total. The molecule has 8 heteroatoms. The lowest BCUT2D eigenvalue weighted by molar-refractivity contribution is -0.187. The number of hydrogen-bond acceptors (Lipinski definition) is 2. The van der Waals surface area contributed by atoms with Crippen molar-refractivity contribution in [3.63, 3.8) is 0 Å². The Hall–Kier alpha value is -2.38. The molecule has 2 unspecified atom stereocenters. The lowest BCUT2D eigenvalue weighted by Crippen LogP contribution is -2.47. The first-order valence-corrected chi connectivity index (χ1v) is 9.59. The lowest BCUT2D eigenvalue weighted by Gasteiger charge is -2.33. The van der Waals surface area contributed by atoms with E-state index in [9.17, 15) is 22.4 Å². The van der Waals surface area contributed by atoms with Gasteiger partial charge in [-0.25, -0.2) is 9.07 Å². The maximum atomic E-state index is 13.3. The molecule has 0 radical (unpaired) electrons. The number of nitrogens with zero attached hydrogens (tertiary/aromatic N) is 2. The van der Waals surface area contributed by atoms with E-state index < -0.39 is 24.0 Å². The van der Waals surface area contributed by atoms with Crippen LogP contribution in [0.5, 0.6) is 0 Å². The van der Waals surface area contributed by atoms with Crippen molar-refractivity contribution in [1.29, 1.82) is 0 Å². The Morgan fingerprint density at radius 2 is 1.79 bits per heavy atom. The van der Waals surface area contributed by atoms with Gasteiger partial charge in [0.15, 0.2) is 5.69 Å². The molecule has 1 fully saturated rings. The predicted octanol–water partition coefficient (Wildman–Crippen LogP) is 4.35. The van der Waals surface area contributed by atoms with Gasteiger partial charge in [0.25, 0.3) is 5.91 Å². The van der Waals surface area contributed by atoms with Crippen LogP contribution in [0.25, 0.3) is 5.69 Å². The van der Waals surface area contributed by atoms with Gasteiger partial charge in [-0.1, -0.05) is 12.8 Å². The summed E-state index contributed by atoms with van der Waals surface area (Å²) in [7, 11) is 0. The number of benzene rings is 1. The van der Waals surface area contributed by atoms with Gasteiger partial charge in [0, 0.05) is 17.3 Å². The first-order chi connectivity index (χ1) is 13.3. The van der Waals surface area contributed by atoms with E-state index in [4.69, 9.17) is 0 Å². The van der Waals surface area contributed by atoms with Crippen molar-refractivity contribution in [3.05, 3.63) is 47.0 Å². The third-order valence-corrected chi connectivity index (χ3v) is 5.72. The molecule has 2 aliphatic rings. The van der Waals surface area contributed by atoms with Gasteiger partial charge in [-0.2, -0.15) is 18.3 Å². The van der Waals surface area contributed by atoms with Gasteiger partial charge in [0.05, 0.1) is 11.6 Å². The molecule has 1 N–H and O–H groups in total. The fraction of sp³-hybridized carbons (Fsp3) is 0.500. The van der Waals surface area contributed by atoms with Crippen LogP contribution in [0, 0.1) is 11.7 Å². The molecular formula is C20H21F4N3O. The molecule has 0 saturated heterocycles. The summed E-state index contributed by atoms with van der Waals surface area (Å²) in [5.41, 5.74) is 2.46. The molecule has 150 valence electrons. The number of nitrogens with one attached hydrogen (secondary N) is 1. The summed E-state index contributed by atoms with van der Waals surface area (Å²) < 4.78 is 54.8. The molecule has 0 bridgehead atoms. The first kappa shape index (κ1) is 19.0. The number of carbonyl (C=O) groups is 1. The van der Waals surface area contributed by atoms with E-state index in [2.05, 4.69) is 10.4 Å². The maximum absolute atomic E-state index is 13.3. The Kier molecular flexibility index (Phi) is 4.89. The number of hydrogen-bond donors (Lipinski definition) is 1. The fourth-order valence-corrected chi connectivity index (χ4v) is 4.35. The van der Waals surface area contributed by atoms with E-state index >= 15 is 0 Å². The minimum atomic E-state index is -4.33. The number of aromatic nitrogens is 2. The van der Waals surface area contributed by atoms with Crippen molar-refractivity contribution in [3.8, 4) is 5.69 Å². The Bertz CT molecular complexity index is 873. The molecule has 1 aromatic carbocycles. The zero-order chi connectivity index (χ0) is 19.9. The summed E-state index contributed by atoms with van der Waals surface area (Å²) in [6.07, 6.45) is -0.552. The number of rotatable bonds is 3. The van der Waals surface area contributed by atoms with E-state index in [1.54, 1.807) is 16.8 Å². The second-order valence-electron chi connectivity index (χ2n) is 7.53. The molecular weight excluding hydrogens is 374 g/mol. The molecule has 0 aliphatic heterocycles. The largest absolute Gasteiger partial charge is 0.393 e. The smallest absolute Gasteiger partial charge is 0.347 e. The normalized spacial score (nSPS) is 22.1. The lowest BCUT2D eigenvalue weighted by atomic mass is 9.84. The standard InChI is InChI=1S/C20H21F4N3O/c21-12-8-10-13(11-9-12)27-17-7-3-4-14(17)18(26-27)19(28)25-16-6-2-1-5-15(16)20(22,23)24/h8-11,15-16H,1-7H2,(H,25,28). The van der Waals surface area contributed by atoms with Gasteiger partial charge >= 0.3 is 6.18 Å². The molecule has 28 heavy (non-hydrogen) atoms. The van der Waals surface area contributed by atoms with Crippen LogP contribution in [0.1, 0.15) is 53.8 Å². The SMILES string of the molecule is O=C(NC1CCCCC1C(F)(F)F)c1nn(-c2ccc(F)cc2)c2c1CCC2. The van der Waals surface area contributed by atoms with Crippen LogP contribution >= 0.6 is 0 Å². The van der Waals surface area contributed by atoms with Gasteiger partial charge < -0.3 is 5.32 Å². The van der Waals surface area contributed by atoms with Crippen LogP contribution < -0.4 is 5.32 Å². The van der Waals surface area contributed by atoms with Crippen molar-refractivity contribution >= 4 is 5.91 Å². The molecule has 1 amide bonds. The van der Waals surface area contributed by atoms with Gasteiger partial charge in [0.1, 0.15) is 5.82 Å². The highest BCUT2D eigenvalue weighted by molar-refractivity contribution is 5.94. The number of carbonyl (C=O) groups excluding carboxylic acids is 1. The summed E-state index contributed by atoms with van der Waals surface area (Å²) in [6, 6.07) is 4.85. The van der Waals surface area contributed by atoms with Crippen LogP contribution in [0.3, 0.4) is 0 Å². The topological polar surface area (TPSA) is 46.9 Å². The van der Waals surface area contributed by atoms with Crippen LogP contribution in [0.15, 0.2) is 24.3 Å². The van der Waals surface area contributed by atoms with Gasteiger partial charge in [0.2, 0.25) is 0 Å². The third-order valence-electron chi connectivity index (χ3n) is 5.72. The minimum Gasteiger partial charge on any atom is -0.347 e. The Morgan fingerprint density at radius 1 is 1.07 bits per heavy atom. The molecule has 2 atom stereocenters. The number of amides is 1. The summed E-state index contributed by atoms with van der Waals surface area (Å²) in [6.45, 7) is 0. The Balaban J connectivity index is 1.61. The van der Waals surface area contributed by atoms with Crippen LogP contribution in [-0.2, 0) is 12.8 Å². The molecule has 0 spiro atoms. The van der Waals surface area contributed by atoms with Crippen molar-refractivity contribution in [2.75, 3.05) is 0 Å². The number of halogens is 4. The Labute approximate surface area is 159 Å². The summed E-state index contributed by atoms with van der Waals surface area (Å²) in [5.74, 6) is -2.45. The van der Waals surface area contributed by atoms with E-state index in [0.717, 1.165) is 24.1 Å². The highest BCUT2D eigenvalue weighted by Crippen LogP contribution is 2.38. The average Bonchev–Trinajstić information content (AvgIpc) is 3.24. The minimum absolute atomic E-state index is 0.0383. The molecule has 1 saturated carbocycles. The van der Waals surface area contributed by atoms with Gasteiger partial charge in [-0.3, -0.25) is 4.79 Å². The zero-order valence-corrected chi connectivity index (χ0v) is 15.2. The summed E-state index contributed by atoms with van der Waals surface area (Å²) >= 11 is 0. The maximum Gasteiger partial charge on any atom is 0.393 e. The highest BCUT2D eigenvalue weighted by Gasteiger charge is 2.46. The summed E-state index contributed by atoms with van der Waals surface area (Å²) in [5, 5.41) is 6.99. The fourth-order valence-electron chi connectivity index (χ4n) is 4.35. The molecule has 4 rings (SSSR count). The molecule has 2 aliphatic carbocycles. The van der Waals surface area contributed by atoms with Crippen molar-refractivity contribution in [2.45, 2.75) is 57.2 Å². The average molecular weight is 395 g/mol. The molecule has 1 aromatic heterocycles. The predicted molar refractivity (Wildman–Crippen MR) is 94.8 cm³/mol. The second kappa shape index (κ2) is 7.22. The second-order valence-corrected chi connectivity index (χ2v) is 7.53. The number of alkyl halides is 3. The molecule has 2 aromatic rings. The van der Waals surface area contributed by atoms with Gasteiger partial charge in [-0.05, 0) is 56.4 Å². The number of fused-ring (bicyclic) bond motifs is 1. The summed E-state index contributed by atoms with van der Waals surface area (Å²) in [4.78, 5) is 12.8. The van der Waals surface area contributed by atoms with Crippen molar-refractivity contribution in [1.82, 2.24) is 15.1 Å². The van der Waals surface area contributed by atoms with Gasteiger partial charge in [-0.15, -0.1) is 0 Å². The third kappa shape index (κ3) is 3.52. The monoisotopic (exact) mass is 395 g/mol. The highest BCUT2D eigenvalue weighted by atomic mass is 19.4. The van der Waals surface area contributed by atoms with E-state index in [1.807, 2.05) is 0 Å². The van der Waals surface area contributed by atoms with Crippen molar-refractivity contribution in [2.24, 2.45) is 5.92 Å². The Morgan fingerprint density at radius 3 is 2.50 bits per heavy atom. The van der Waals surface area contributed by atoms with Crippen LogP contribution in [0.4, 0.5) is 17.6 Å². The first-order valence-electron chi connectivity index (χ1n) is 9.59. The van der Waals surface area contributed by atoms with Crippen LogP contribution in [-0.4, -0.2) is 27.9 Å². The van der Waals surface area contributed by atoms with Crippen molar-refractivity contribution < 1.29 is 22.4 Å². The van der Waals surface area contributed by atoms with E-state index in [-0.39, 0.29) is 17.9 Å². The van der Waals surface area contributed by atoms with Crippen LogP contribution in [0.2, 0.25) is 0 Å². The quantitative estimate of drug-likeness (QED) is 0.786.